The molecule has 0 bridgehead atoms. The Kier molecular flexibility index (Phi) is 9.64. The summed E-state index contributed by atoms with van der Waals surface area (Å²) < 4.78 is 19.3. The molecule has 0 radical (unpaired) electrons. The summed E-state index contributed by atoms with van der Waals surface area (Å²) in [6, 6.07) is 0. The largest absolute Gasteiger partial charge is 0.469 e. The zero-order valence-corrected chi connectivity index (χ0v) is 16.9. The summed E-state index contributed by atoms with van der Waals surface area (Å²) in [5, 5.41) is -1.14. The minimum Gasteiger partial charge on any atom is -0.469 e. The Morgan fingerprint density at radius 3 is 2.22 bits per heavy atom. The number of methoxy groups -OCH3 is 2. The van der Waals surface area contributed by atoms with E-state index in [0.717, 1.165) is 23.5 Å². The van der Waals surface area contributed by atoms with E-state index in [1.165, 1.54) is 14.2 Å². The second-order valence-corrected chi connectivity index (χ2v) is 7.64. The van der Waals surface area contributed by atoms with Crippen LogP contribution in [-0.2, 0) is 42.9 Å². The fraction of sp³-hybridized carbons (Fsp3) is 0.688. The maximum absolute atomic E-state index is 12.5. The van der Waals surface area contributed by atoms with E-state index in [4.69, 9.17) is 9.47 Å². The molecule has 0 spiro atoms. The standard InChI is InChI=1S/C16H22O9S2/c1-4-24-15(21)16(9-26-7-5-10(17)22-2)13(12(19)14(20)25-16)27-8-6-11(18)23-3/h13H,4-9H2,1-3H3. The highest BCUT2D eigenvalue weighted by atomic mass is 32.2. The van der Waals surface area contributed by atoms with Crippen molar-refractivity contribution < 1.29 is 42.9 Å². The molecule has 0 aliphatic carbocycles. The summed E-state index contributed by atoms with van der Waals surface area (Å²) in [4.78, 5) is 59.2. The molecule has 1 heterocycles. The van der Waals surface area contributed by atoms with Crippen LogP contribution in [0.4, 0.5) is 0 Å². The normalized spacial score (nSPS) is 21.5. The van der Waals surface area contributed by atoms with Crippen molar-refractivity contribution >= 4 is 53.2 Å². The number of ether oxygens (including phenoxy) is 4. The van der Waals surface area contributed by atoms with Gasteiger partial charge in [-0.25, -0.2) is 9.59 Å². The zero-order chi connectivity index (χ0) is 20.4. The molecule has 1 fully saturated rings. The first-order valence-corrected chi connectivity index (χ1v) is 10.3. The summed E-state index contributed by atoms with van der Waals surface area (Å²) in [5.74, 6) is -3.29. The van der Waals surface area contributed by atoms with Gasteiger partial charge in [0.1, 0.15) is 5.25 Å². The van der Waals surface area contributed by atoms with Crippen molar-refractivity contribution in [2.45, 2.75) is 30.6 Å². The Hall–Kier alpha value is -1.75. The van der Waals surface area contributed by atoms with Crippen LogP contribution in [0.3, 0.4) is 0 Å². The predicted octanol–water partition coefficient (Wildman–Crippen LogP) is 0.375. The lowest BCUT2D eigenvalue weighted by atomic mass is 10.0. The van der Waals surface area contributed by atoms with Crippen molar-refractivity contribution in [1.82, 2.24) is 0 Å². The number of carbonyl (C=O) groups excluding carboxylic acids is 5. The van der Waals surface area contributed by atoms with Crippen LogP contribution >= 0.6 is 23.5 Å². The van der Waals surface area contributed by atoms with Crippen molar-refractivity contribution in [1.29, 1.82) is 0 Å². The lowest BCUT2D eigenvalue weighted by Crippen LogP contribution is -2.51. The smallest absolute Gasteiger partial charge is 0.377 e. The quantitative estimate of drug-likeness (QED) is 0.199. The van der Waals surface area contributed by atoms with Gasteiger partial charge in [0.2, 0.25) is 5.60 Å². The molecule has 27 heavy (non-hydrogen) atoms. The summed E-state index contributed by atoms with van der Waals surface area (Å²) in [6.07, 6.45) is 0.107. The maximum atomic E-state index is 12.5. The summed E-state index contributed by atoms with van der Waals surface area (Å²) >= 11 is 2.13. The summed E-state index contributed by atoms with van der Waals surface area (Å²) in [6.45, 7) is 1.63. The molecule has 0 saturated carbocycles. The fourth-order valence-electron chi connectivity index (χ4n) is 2.21. The number of ketones is 1. The molecule has 11 heteroatoms. The molecule has 9 nitrogen and oxygen atoms in total. The number of carbonyl (C=O) groups is 5. The number of rotatable bonds is 11. The number of hydrogen-bond donors (Lipinski definition) is 0. The molecule has 1 saturated heterocycles. The van der Waals surface area contributed by atoms with Crippen LogP contribution in [0, 0.1) is 0 Å². The SMILES string of the molecule is CCOC(=O)C1(CSCCC(=O)OC)OC(=O)C(=O)C1SCCC(=O)OC. The molecule has 0 aromatic carbocycles. The van der Waals surface area contributed by atoms with E-state index < -0.39 is 40.5 Å². The average Bonchev–Trinajstić information content (AvgIpc) is 2.90. The third-order valence-electron chi connectivity index (χ3n) is 3.57. The predicted molar refractivity (Wildman–Crippen MR) is 97.3 cm³/mol. The second kappa shape index (κ2) is 11.2. The summed E-state index contributed by atoms with van der Waals surface area (Å²) in [5.41, 5.74) is -1.80. The Morgan fingerprint density at radius 1 is 1.07 bits per heavy atom. The van der Waals surface area contributed by atoms with E-state index >= 15 is 0 Å². The van der Waals surface area contributed by atoms with Crippen LogP contribution in [0.2, 0.25) is 0 Å². The second-order valence-electron chi connectivity index (χ2n) is 5.32. The molecular weight excluding hydrogens is 400 g/mol. The van der Waals surface area contributed by atoms with E-state index in [1.807, 2.05) is 0 Å². The first-order valence-electron chi connectivity index (χ1n) is 8.09. The highest BCUT2D eigenvalue weighted by molar-refractivity contribution is 8.01. The van der Waals surface area contributed by atoms with Gasteiger partial charge < -0.3 is 18.9 Å². The van der Waals surface area contributed by atoms with E-state index in [1.54, 1.807) is 6.92 Å². The first-order chi connectivity index (χ1) is 12.8. The lowest BCUT2D eigenvalue weighted by molar-refractivity contribution is -0.171. The number of esters is 4. The summed E-state index contributed by atoms with van der Waals surface area (Å²) in [7, 11) is 2.50. The molecular formula is C16H22O9S2. The third-order valence-corrected chi connectivity index (χ3v) is 6.07. The highest BCUT2D eigenvalue weighted by Crippen LogP contribution is 2.38. The number of hydrogen-bond acceptors (Lipinski definition) is 11. The van der Waals surface area contributed by atoms with Crippen molar-refractivity contribution in [2.75, 3.05) is 38.1 Å². The van der Waals surface area contributed by atoms with Crippen molar-refractivity contribution in [3.63, 3.8) is 0 Å². The topological polar surface area (TPSA) is 122 Å². The van der Waals surface area contributed by atoms with Gasteiger partial charge in [-0.3, -0.25) is 14.4 Å². The molecule has 0 aromatic heterocycles. The van der Waals surface area contributed by atoms with Crippen molar-refractivity contribution in [3.8, 4) is 0 Å². The van der Waals surface area contributed by atoms with E-state index in [2.05, 4.69) is 9.47 Å². The van der Waals surface area contributed by atoms with Crippen LogP contribution in [0.15, 0.2) is 0 Å². The Balaban J connectivity index is 2.92. The maximum Gasteiger partial charge on any atom is 0.377 e. The number of thioether (sulfide) groups is 2. The van der Waals surface area contributed by atoms with Crippen LogP contribution in [-0.4, -0.2) is 78.6 Å². The minimum atomic E-state index is -1.80. The van der Waals surface area contributed by atoms with E-state index in [0.29, 0.717) is 5.75 Å². The molecule has 0 aromatic rings. The van der Waals surface area contributed by atoms with Gasteiger partial charge in [0, 0.05) is 17.3 Å². The third kappa shape index (κ3) is 6.13. The number of Topliss-reactive ketones (excluding diaryl/α,β-unsaturated/α-hetero) is 1. The lowest BCUT2D eigenvalue weighted by Gasteiger charge is -2.29. The van der Waals surface area contributed by atoms with Crippen LogP contribution in [0.1, 0.15) is 19.8 Å². The molecule has 1 aliphatic rings. The number of cyclic esters (lactones) is 1. The van der Waals surface area contributed by atoms with Gasteiger partial charge >= 0.3 is 23.9 Å². The Bertz CT molecular complexity index is 592. The average molecular weight is 422 g/mol. The van der Waals surface area contributed by atoms with Crippen LogP contribution < -0.4 is 0 Å². The van der Waals surface area contributed by atoms with Crippen LogP contribution in [0.5, 0.6) is 0 Å². The molecule has 152 valence electrons. The molecule has 0 amide bonds. The van der Waals surface area contributed by atoms with Gasteiger partial charge in [0.05, 0.1) is 33.7 Å². The molecule has 2 atom stereocenters. The van der Waals surface area contributed by atoms with E-state index in [9.17, 15) is 24.0 Å². The van der Waals surface area contributed by atoms with Crippen molar-refractivity contribution in [3.05, 3.63) is 0 Å². The van der Waals surface area contributed by atoms with Gasteiger partial charge in [0.25, 0.3) is 5.78 Å². The molecule has 1 rings (SSSR count). The Morgan fingerprint density at radius 2 is 1.67 bits per heavy atom. The molecule has 1 aliphatic heterocycles. The Labute approximate surface area is 165 Å². The van der Waals surface area contributed by atoms with Crippen molar-refractivity contribution in [2.24, 2.45) is 0 Å². The minimum absolute atomic E-state index is 0.00747. The van der Waals surface area contributed by atoms with Crippen LogP contribution in [0.25, 0.3) is 0 Å². The monoisotopic (exact) mass is 422 g/mol. The van der Waals surface area contributed by atoms with Gasteiger partial charge in [-0.2, -0.15) is 11.8 Å². The zero-order valence-electron chi connectivity index (χ0n) is 15.3. The first kappa shape index (κ1) is 23.3. The molecule has 2 unspecified atom stereocenters. The van der Waals surface area contributed by atoms with E-state index in [-0.39, 0.29) is 31.0 Å². The fourth-order valence-corrected chi connectivity index (χ4v) is 4.68. The van der Waals surface area contributed by atoms with Gasteiger partial charge in [0.15, 0.2) is 0 Å². The highest BCUT2D eigenvalue weighted by Gasteiger charge is 2.61. The van der Waals surface area contributed by atoms with Gasteiger partial charge in [-0.15, -0.1) is 11.8 Å². The molecule has 0 N–H and O–H groups in total. The van der Waals surface area contributed by atoms with Gasteiger partial charge in [-0.05, 0) is 6.92 Å². The van der Waals surface area contributed by atoms with Gasteiger partial charge in [-0.1, -0.05) is 0 Å².